The van der Waals surface area contributed by atoms with Gasteiger partial charge in [0.1, 0.15) is 12.4 Å². The Kier molecular flexibility index (Phi) is 5.97. The predicted octanol–water partition coefficient (Wildman–Crippen LogP) is 3.43. The first kappa shape index (κ1) is 21.3. The minimum absolute atomic E-state index is 0.222. The SMILES string of the molecule is Cc1nnc(N[C@H](C)c2cccc(C(F)(F)CO)c2)c2cc(N3CCOCC3)ncc12. The lowest BCUT2D eigenvalue weighted by molar-refractivity contribution is -0.0556. The standard InChI is InChI=1S/C22H25F2N5O2/c1-14(16-4-3-5-17(10-16)22(23,24)13-30)26-21-18-11-20(29-6-8-31-9-7-29)25-12-19(18)15(2)27-28-21/h3-5,10-12,14,30H,6-9,13H2,1-2H3,(H,26,28)/t14-/m1/s1. The van der Waals surface area contributed by atoms with Gasteiger partial charge in [0, 0.05) is 35.6 Å². The number of aryl methyl sites for hydroxylation is 1. The van der Waals surface area contributed by atoms with Gasteiger partial charge in [-0.2, -0.15) is 13.9 Å². The number of aromatic nitrogens is 3. The zero-order chi connectivity index (χ0) is 22.0. The molecule has 4 rings (SSSR count). The number of aliphatic hydroxyl groups excluding tert-OH is 1. The molecule has 1 saturated heterocycles. The summed E-state index contributed by atoms with van der Waals surface area (Å²) in [6, 6.07) is 7.71. The van der Waals surface area contributed by atoms with Gasteiger partial charge in [-0.3, -0.25) is 0 Å². The van der Waals surface area contributed by atoms with Crippen molar-refractivity contribution in [3.63, 3.8) is 0 Å². The Morgan fingerprint density at radius 3 is 2.71 bits per heavy atom. The molecule has 0 amide bonds. The van der Waals surface area contributed by atoms with Gasteiger partial charge < -0.3 is 20.1 Å². The number of pyridine rings is 1. The van der Waals surface area contributed by atoms with E-state index in [-0.39, 0.29) is 11.6 Å². The van der Waals surface area contributed by atoms with E-state index < -0.39 is 12.5 Å². The largest absolute Gasteiger partial charge is 0.390 e. The maximum absolute atomic E-state index is 13.9. The monoisotopic (exact) mass is 429 g/mol. The summed E-state index contributed by atoms with van der Waals surface area (Å²) < 4.78 is 33.3. The molecule has 164 valence electrons. The molecular formula is C22H25F2N5O2. The third-order valence-electron chi connectivity index (χ3n) is 5.53. The first-order valence-corrected chi connectivity index (χ1v) is 10.2. The number of anilines is 2. The first-order valence-electron chi connectivity index (χ1n) is 10.2. The van der Waals surface area contributed by atoms with Crippen LogP contribution in [0.2, 0.25) is 0 Å². The lowest BCUT2D eigenvalue weighted by Gasteiger charge is -2.28. The number of halogens is 2. The zero-order valence-electron chi connectivity index (χ0n) is 17.5. The van der Waals surface area contributed by atoms with Crippen molar-refractivity contribution in [2.75, 3.05) is 43.1 Å². The first-order chi connectivity index (χ1) is 14.9. The zero-order valence-corrected chi connectivity index (χ0v) is 17.5. The Bertz CT molecular complexity index is 1070. The minimum Gasteiger partial charge on any atom is -0.390 e. The summed E-state index contributed by atoms with van der Waals surface area (Å²) in [4.78, 5) is 6.74. The molecule has 1 atom stereocenters. The number of nitrogens with zero attached hydrogens (tertiary/aromatic N) is 4. The van der Waals surface area contributed by atoms with Crippen molar-refractivity contribution in [2.24, 2.45) is 0 Å². The summed E-state index contributed by atoms with van der Waals surface area (Å²) in [7, 11) is 0. The van der Waals surface area contributed by atoms with E-state index in [4.69, 9.17) is 9.84 Å². The third kappa shape index (κ3) is 4.42. The average molecular weight is 429 g/mol. The van der Waals surface area contributed by atoms with Gasteiger partial charge in [0.2, 0.25) is 0 Å². The Balaban J connectivity index is 1.66. The molecule has 0 unspecified atom stereocenters. The highest BCUT2D eigenvalue weighted by molar-refractivity contribution is 5.94. The summed E-state index contributed by atoms with van der Waals surface area (Å²) >= 11 is 0. The highest BCUT2D eigenvalue weighted by Crippen LogP contribution is 2.32. The molecule has 0 bridgehead atoms. The molecule has 0 aliphatic carbocycles. The van der Waals surface area contributed by atoms with Crippen LogP contribution in [0.1, 0.15) is 29.8 Å². The van der Waals surface area contributed by atoms with E-state index >= 15 is 0 Å². The number of alkyl halides is 2. The van der Waals surface area contributed by atoms with Crippen molar-refractivity contribution in [2.45, 2.75) is 25.8 Å². The molecule has 1 aromatic carbocycles. The van der Waals surface area contributed by atoms with Crippen LogP contribution in [-0.2, 0) is 10.7 Å². The van der Waals surface area contributed by atoms with E-state index in [2.05, 4.69) is 25.4 Å². The molecule has 7 nitrogen and oxygen atoms in total. The molecule has 9 heteroatoms. The topological polar surface area (TPSA) is 83.4 Å². The molecule has 1 fully saturated rings. The number of nitrogens with one attached hydrogen (secondary N) is 1. The maximum atomic E-state index is 13.9. The fourth-order valence-electron chi connectivity index (χ4n) is 3.65. The summed E-state index contributed by atoms with van der Waals surface area (Å²) in [6.07, 6.45) is 1.79. The van der Waals surface area contributed by atoms with Gasteiger partial charge in [0.25, 0.3) is 5.92 Å². The van der Waals surface area contributed by atoms with E-state index in [1.807, 2.05) is 19.9 Å². The van der Waals surface area contributed by atoms with Crippen molar-refractivity contribution in [1.29, 1.82) is 0 Å². The van der Waals surface area contributed by atoms with Crippen molar-refractivity contribution in [1.82, 2.24) is 15.2 Å². The number of rotatable bonds is 6. The average Bonchev–Trinajstić information content (AvgIpc) is 2.81. The van der Waals surface area contributed by atoms with Crippen molar-refractivity contribution in [3.05, 3.63) is 53.3 Å². The fraction of sp³-hybridized carbons (Fsp3) is 0.409. The predicted molar refractivity (Wildman–Crippen MR) is 115 cm³/mol. The smallest absolute Gasteiger partial charge is 0.295 e. The van der Waals surface area contributed by atoms with E-state index in [1.165, 1.54) is 12.1 Å². The van der Waals surface area contributed by atoms with Crippen LogP contribution in [0.3, 0.4) is 0 Å². The number of ether oxygens (including phenoxy) is 1. The number of aliphatic hydroxyl groups is 1. The van der Waals surface area contributed by atoms with Gasteiger partial charge in [0.05, 0.1) is 24.9 Å². The molecule has 2 aromatic heterocycles. The van der Waals surface area contributed by atoms with Crippen LogP contribution < -0.4 is 10.2 Å². The molecule has 0 saturated carbocycles. The van der Waals surface area contributed by atoms with Crippen LogP contribution in [0.4, 0.5) is 20.4 Å². The van der Waals surface area contributed by atoms with Gasteiger partial charge in [-0.15, -0.1) is 5.10 Å². The van der Waals surface area contributed by atoms with Crippen LogP contribution in [0.15, 0.2) is 36.5 Å². The number of benzene rings is 1. The van der Waals surface area contributed by atoms with Gasteiger partial charge in [-0.05, 0) is 31.5 Å². The van der Waals surface area contributed by atoms with Gasteiger partial charge in [0.15, 0.2) is 5.82 Å². The van der Waals surface area contributed by atoms with Gasteiger partial charge in [-0.1, -0.05) is 18.2 Å². The molecule has 0 radical (unpaired) electrons. The van der Waals surface area contributed by atoms with E-state index in [9.17, 15) is 8.78 Å². The van der Waals surface area contributed by atoms with Crippen molar-refractivity contribution < 1.29 is 18.6 Å². The Labute approximate surface area is 179 Å². The quantitative estimate of drug-likeness (QED) is 0.621. The molecule has 1 aliphatic rings. The molecular weight excluding hydrogens is 404 g/mol. The molecule has 31 heavy (non-hydrogen) atoms. The van der Waals surface area contributed by atoms with Gasteiger partial charge >= 0.3 is 0 Å². The van der Waals surface area contributed by atoms with Crippen LogP contribution in [0, 0.1) is 6.92 Å². The van der Waals surface area contributed by atoms with E-state index in [0.29, 0.717) is 24.6 Å². The fourth-order valence-corrected chi connectivity index (χ4v) is 3.65. The van der Waals surface area contributed by atoms with Crippen molar-refractivity contribution >= 4 is 22.4 Å². The summed E-state index contributed by atoms with van der Waals surface area (Å²) in [5.41, 5.74) is 1.20. The highest BCUT2D eigenvalue weighted by atomic mass is 19.3. The number of hydrogen-bond acceptors (Lipinski definition) is 7. The summed E-state index contributed by atoms with van der Waals surface area (Å²) in [5, 5.41) is 22.6. The highest BCUT2D eigenvalue weighted by Gasteiger charge is 2.30. The van der Waals surface area contributed by atoms with Crippen LogP contribution in [0.25, 0.3) is 10.8 Å². The number of fused-ring (bicyclic) bond motifs is 1. The lowest BCUT2D eigenvalue weighted by atomic mass is 10.0. The second-order valence-corrected chi connectivity index (χ2v) is 7.68. The Morgan fingerprint density at radius 2 is 1.97 bits per heavy atom. The molecule has 2 N–H and O–H groups in total. The van der Waals surface area contributed by atoms with Crippen LogP contribution in [-0.4, -0.2) is 53.2 Å². The minimum atomic E-state index is -3.29. The van der Waals surface area contributed by atoms with E-state index in [0.717, 1.165) is 35.4 Å². The molecule has 3 heterocycles. The lowest BCUT2D eigenvalue weighted by Crippen LogP contribution is -2.36. The second-order valence-electron chi connectivity index (χ2n) is 7.68. The molecule has 0 spiro atoms. The summed E-state index contributed by atoms with van der Waals surface area (Å²) in [6.45, 7) is 5.35. The number of morpholine rings is 1. The second kappa shape index (κ2) is 8.68. The maximum Gasteiger partial charge on any atom is 0.295 e. The Morgan fingerprint density at radius 1 is 1.19 bits per heavy atom. The van der Waals surface area contributed by atoms with Crippen LogP contribution in [0.5, 0.6) is 0 Å². The third-order valence-corrected chi connectivity index (χ3v) is 5.53. The van der Waals surface area contributed by atoms with E-state index in [1.54, 1.807) is 18.3 Å². The van der Waals surface area contributed by atoms with Gasteiger partial charge in [-0.25, -0.2) is 4.98 Å². The van der Waals surface area contributed by atoms with Crippen LogP contribution >= 0.6 is 0 Å². The number of hydrogen-bond donors (Lipinski definition) is 2. The summed E-state index contributed by atoms with van der Waals surface area (Å²) in [5.74, 6) is -1.89. The molecule has 3 aromatic rings. The van der Waals surface area contributed by atoms with Crippen molar-refractivity contribution in [3.8, 4) is 0 Å². The molecule has 1 aliphatic heterocycles. The Hall–Kier alpha value is -2.91. The normalized spacial score (nSPS) is 15.8.